The van der Waals surface area contributed by atoms with Crippen molar-refractivity contribution in [1.82, 2.24) is 0 Å². The SMILES string of the molecule is COC[C@H]1C[C@H]1C1=N[C@H](COC/C=C(\C)CC/C=C(\C)CCC=C(C)C)CS1. The first-order valence-corrected chi connectivity index (χ1v) is 11.7. The van der Waals surface area contributed by atoms with Gasteiger partial charge in [0.2, 0.25) is 0 Å². The van der Waals surface area contributed by atoms with E-state index < -0.39 is 0 Å². The summed E-state index contributed by atoms with van der Waals surface area (Å²) < 4.78 is 11.1. The van der Waals surface area contributed by atoms with Crippen molar-refractivity contribution in [3.63, 3.8) is 0 Å². The summed E-state index contributed by atoms with van der Waals surface area (Å²) >= 11 is 1.92. The number of thioether (sulfide) groups is 1. The van der Waals surface area contributed by atoms with Gasteiger partial charge in [-0.2, -0.15) is 0 Å². The van der Waals surface area contributed by atoms with Gasteiger partial charge < -0.3 is 9.47 Å². The van der Waals surface area contributed by atoms with Gasteiger partial charge in [0, 0.05) is 25.4 Å². The van der Waals surface area contributed by atoms with Crippen molar-refractivity contribution in [3.05, 3.63) is 34.9 Å². The predicted molar refractivity (Wildman–Crippen MR) is 123 cm³/mol. The molecule has 1 fully saturated rings. The van der Waals surface area contributed by atoms with Crippen molar-refractivity contribution in [3.8, 4) is 0 Å². The molecule has 1 aliphatic carbocycles. The average molecular weight is 406 g/mol. The zero-order chi connectivity index (χ0) is 20.4. The molecule has 0 bridgehead atoms. The summed E-state index contributed by atoms with van der Waals surface area (Å²) in [5.74, 6) is 2.44. The third-order valence-corrected chi connectivity index (χ3v) is 6.59. The van der Waals surface area contributed by atoms with E-state index >= 15 is 0 Å². The maximum absolute atomic E-state index is 5.87. The number of allylic oxidation sites excluding steroid dienone is 5. The number of hydrogen-bond donors (Lipinski definition) is 0. The Bertz CT molecular complexity index is 602. The molecule has 0 unspecified atom stereocenters. The second-order valence-electron chi connectivity index (χ2n) is 8.49. The Kier molecular flexibility index (Phi) is 10.6. The van der Waals surface area contributed by atoms with Crippen LogP contribution in [0.5, 0.6) is 0 Å². The maximum atomic E-state index is 5.87. The zero-order valence-corrected chi connectivity index (χ0v) is 19.3. The molecule has 1 aliphatic heterocycles. The smallest absolute Gasteiger partial charge is 0.0836 e. The number of methoxy groups -OCH3 is 1. The fraction of sp³-hybridized carbons (Fsp3) is 0.708. The lowest BCUT2D eigenvalue weighted by atomic mass is 10.1. The minimum Gasteiger partial charge on any atom is -0.384 e. The van der Waals surface area contributed by atoms with E-state index in [0.717, 1.165) is 38.2 Å². The topological polar surface area (TPSA) is 30.8 Å². The van der Waals surface area contributed by atoms with E-state index in [4.69, 9.17) is 14.5 Å². The first-order valence-electron chi connectivity index (χ1n) is 10.7. The molecule has 0 saturated heterocycles. The van der Waals surface area contributed by atoms with Crippen LogP contribution in [0.3, 0.4) is 0 Å². The van der Waals surface area contributed by atoms with Gasteiger partial charge in [-0.3, -0.25) is 4.99 Å². The molecule has 0 aromatic rings. The molecular weight excluding hydrogens is 366 g/mol. The second-order valence-corrected chi connectivity index (χ2v) is 9.53. The molecule has 0 N–H and O–H groups in total. The molecule has 0 radical (unpaired) electrons. The first kappa shape index (κ1) is 23.4. The van der Waals surface area contributed by atoms with E-state index in [0.29, 0.717) is 24.5 Å². The van der Waals surface area contributed by atoms with Crippen LogP contribution < -0.4 is 0 Å². The van der Waals surface area contributed by atoms with Crippen LogP contribution >= 0.6 is 11.8 Å². The molecule has 3 nitrogen and oxygen atoms in total. The minimum atomic E-state index is 0.337. The van der Waals surface area contributed by atoms with E-state index in [1.165, 1.54) is 34.6 Å². The average Bonchev–Trinajstić information content (AvgIpc) is 3.25. The quantitative estimate of drug-likeness (QED) is 0.269. The van der Waals surface area contributed by atoms with E-state index in [2.05, 4.69) is 45.9 Å². The molecule has 0 amide bonds. The lowest BCUT2D eigenvalue weighted by Gasteiger charge is -2.06. The summed E-state index contributed by atoms with van der Waals surface area (Å²) in [6.45, 7) is 11.1. The first-order chi connectivity index (χ1) is 13.5. The summed E-state index contributed by atoms with van der Waals surface area (Å²) in [7, 11) is 1.79. The largest absolute Gasteiger partial charge is 0.384 e. The van der Waals surface area contributed by atoms with Crippen LogP contribution in [0.4, 0.5) is 0 Å². The summed E-state index contributed by atoms with van der Waals surface area (Å²) in [5.41, 5.74) is 4.32. The Morgan fingerprint density at radius 3 is 2.46 bits per heavy atom. The second kappa shape index (κ2) is 12.7. The van der Waals surface area contributed by atoms with Gasteiger partial charge in [0.1, 0.15) is 0 Å². The van der Waals surface area contributed by atoms with Gasteiger partial charge in [0.15, 0.2) is 0 Å². The lowest BCUT2D eigenvalue weighted by molar-refractivity contribution is 0.152. The fourth-order valence-corrected chi connectivity index (χ4v) is 4.68. The zero-order valence-electron chi connectivity index (χ0n) is 18.5. The molecular formula is C24H39NO2S. The Labute approximate surface area is 176 Å². The minimum absolute atomic E-state index is 0.337. The van der Waals surface area contributed by atoms with Gasteiger partial charge in [-0.25, -0.2) is 0 Å². The Morgan fingerprint density at radius 1 is 1.04 bits per heavy atom. The van der Waals surface area contributed by atoms with Crippen molar-refractivity contribution in [1.29, 1.82) is 0 Å². The molecule has 3 atom stereocenters. The van der Waals surface area contributed by atoms with Crippen molar-refractivity contribution in [2.24, 2.45) is 16.8 Å². The summed E-state index contributed by atoms with van der Waals surface area (Å²) in [6.07, 6.45) is 12.8. The maximum Gasteiger partial charge on any atom is 0.0836 e. The lowest BCUT2D eigenvalue weighted by Crippen LogP contribution is -2.13. The van der Waals surface area contributed by atoms with Crippen LogP contribution in [0.1, 0.15) is 59.8 Å². The molecule has 158 valence electrons. The van der Waals surface area contributed by atoms with Crippen LogP contribution in [-0.4, -0.2) is 43.8 Å². The molecule has 28 heavy (non-hydrogen) atoms. The van der Waals surface area contributed by atoms with Gasteiger partial charge in [0.05, 0.1) is 24.3 Å². The molecule has 0 spiro atoms. The van der Waals surface area contributed by atoms with E-state index in [9.17, 15) is 0 Å². The monoisotopic (exact) mass is 405 g/mol. The van der Waals surface area contributed by atoms with Crippen molar-refractivity contribution < 1.29 is 9.47 Å². The Morgan fingerprint density at radius 2 is 1.75 bits per heavy atom. The van der Waals surface area contributed by atoms with Crippen molar-refractivity contribution in [2.45, 2.75) is 65.8 Å². The van der Waals surface area contributed by atoms with Crippen LogP contribution in [-0.2, 0) is 9.47 Å². The molecule has 1 saturated carbocycles. The molecule has 4 heteroatoms. The number of rotatable bonds is 13. The predicted octanol–water partition coefficient (Wildman–Crippen LogP) is 6.22. The van der Waals surface area contributed by atoms with Gasteiger partial charge in [-0.15, -0.1) is 11.8 Å². The van der Waals surface area contributed by atoms with Gasteiger partial charge >= 0.3 is 0 Å². The van der Waals surface area contributed by atoms with Gasteiger partial charge in [-0.05, 0) is 65.7 Å². The van der Waals surface area contributed by atoms with Crippen LogP contribution in [0, 0.1) is 11.8 Å². The highest BCUT2D eigenvalue weighted by Gasteiger charge is 2.42. The van der Waals surface area contributed by atoms with Gasteiger partial charge in [0.25, 0.3) is 0 Å². The third-order valence-electron chi connectivity index (χ3n) is 5.34. The number of nitrogens with zero attached hydrogens (tertiary/aromatic N) is 1. The Hall–Kier alpha value is -0.840. The number of hydrogen-bond acceptors (Lipinski definition) is 4. The summed E-state index contributed by atoms with van der Waals surface area (Å²) in [6, 6.07) is 0.337. The molecule has 2 rings (SSSR count). The van der Waals surface area contributed by atoms with Gasteiger partial charge in [-0.1, -0.05) is 34.9 Å². The molecule has 0 aromatic heterocycles. The highest BCUT2D eigenvalue weighted by Crippen LogP contribution is 2.44. The van der Waals surface area contributed by atoms with Crippen molar-refractivity contribution in [2.75, 3.05) is 32.7 Å². The Balaban J connectivity index is 1.56. The summed E-state index contributed by atoms with van der Waals surface area (Å²) in [5, 5.41) is 1.34. The molecule has 2 aliphatic rings. The van der Waals surface area contributed by atoms with Crippen LogP contribution in [0.2, 0.25) is 0 Å². The van der Waals surface area contributed by atoms with Crippen molar-refractivity contribution >= 4 is 16.8 Å². The van der Waals surface area contributed by atoms with E-state index in [-0.39, 0.29) is 0 Å². The standard InChI is InChI=1S/C24H39NO2S/c1-18(2)8-6-9-19(3)10-7-11-20(4)12-13-27-16-22-17-28-24(25-22)23-14-21(23)15-26-5/h8,10,12,21-23H,6-7,9,11,13-17H2,1-5H3/b19-10+,20-12+/t21-,22-,23-/m1/s1. The fourth-order valence-electron chi connectivity index (χ4n) is 3.42. The number of ether oxygens (including phenoxy) is 2. The summed E-state index contributed by atoms with van der Waals surface area (Å²) in [4.78, 5) is 4.87. The molecule has 1 heterocycles. The third kappa shape index (κ3) is 9.11. The van der Waals surface area contributed by atoms with E-state index in [1.54, 1.807) is 7.11 Å². The van der Waals surface area contributed by atoms with Crippen LogP contribution in [0.15, 0.2) is 39.9 Å². The highest BCUT2D eigenvalue weighted by molar-refractivity contribution is 8.14. The van der Waals surface area contributed by atoms with Crippen LogP contribution in [0.25, 0.3) is 0 Å². The van der Waals surface area contributed by atoms with E-state index in [1.807, 2.05) is 11.8 Å². The normalized spacial score (nSPS) is 25.0. The number of aliphatic imine (C=N–C) groups is 1. The molecule has 0 aromatic carbocycles. The highest BCUT2D eigenvalue weighted by atomic mass is 32.2.